The maximum Gasteiger partial charge on any atom is 0.240 e. The molecule has 156 valence electrons. The fourth-order valence-corrected chi connectivity index (χ4v) is 2.39. The van der Waals surface area contributed by atoms with E-state index in [0.717, 1.165) is 23.4 Å². The van der Waals surface area contributed by atoms with Crippen LogP contribution in [-0.4, -0.2) is 24.0 Å². The molecule has 0 unspecified atom stereocenters. The van der Waals surface area contributed by atoms with Crippen molar-refractivity contribution in [1.29, 1.82) is 0 Å². The van der Waals surface area contributed by atoms with Gasteiger partial charge in [0, 0.05) is 18.8 Å². The Kier molecular flexibility index (Phi) is 9.36. The van der Waals surface area contributed by atoms with Gasteiger partial charge in [-0.25, -0.2) is 5.43 Å². The minimum atomic E-state index is -0.0750. The van der Waals surface area contributed by atoms with Crippen LogP contribution in [0.25, 0.3) is 0 Å². The number of carbonyl (C=O) groups is 2. The number of Topliss-reactive ketones (excluding diaryl/α,β-unsaturated/α-hetero) is 1. The quantitative estimate of drug-likeness (QED) is 0.330. The molecule has 0 saturated carbocycles. The van der Waals surface area contributed by atoms with Crippen LogP contribution < -0.4 is 10.2 Å². The molecule has 0 atom stereocenters. The summed E-state index contributed by atoms with van der Waals surface area (Å²) in [6, 6.07) is 7.58. The Morgan fingerprint density at radius 2 is 1.71 bits per heavy atom. The third kappa shape index (κ3) is 8.24. The molecule has 0 saturated heterocycles. The molecule has 5 nitrogen and oxygen atoms in total. The number of hydrazone groups is 1. The fraction of sp³-hybridized carbons (Fsp3) is 0.609. The van der Waals surface area contributed by atoms with Crippen molar-refractivity contribution >= 4 is 17.4 Å². The molecule has 28 heavy (non-hydrogen) atoms. The Balaban J connectivity index is 2.50. The Hall–Kier alpha value is -2.17. The number of rotatable bonds is 11. The van der Waals surface area contributed by atoms with E-state index in [1.165, 1.54) is 0 Å². The normalized spacial score (nSPS) is 12.4. The first-order valence-corrected chi connectivity index (χ1v) is 10.1. The topological polar surface area (TPSA) is 67.8 Å². The highest BCUT2D eigenvalue weighted by molar-refractivity contribution is 5.99. The standard InChI is InChI=1S/C23H36N2O3/c1-16(2)21(26)9-8-14-28-20-12-10-19(11-13-20)18(5)24-25-22(27)15-23(6,7)17(3)4/h10-13,16-17H,8-9,14-15H2,1-7H3,(H,25,27)/b24-18+. The molecular weight excluding hydrogens is 352 g/mol. The molecule has 1 aromatic rings. The predicted molar refractivity (Wildman–Crippen MR) is 115 cm³/mol. The van der Waals surface area contributed by atoms with Crippen molar-refractivity contribution in [2.24, 2.45) is 22.4 Å². The van der Waals surface area contributed by atoms with E-state index in [1.54, 1.807) is 0 Å². The zero-order valence-corrected chi connectivity index (χ0v) is 18.5. The number of ketones is 1. The number of ether oxygens (including phenoxy) is 1. The highest BCUT2D eigenvalue weighted by Gasteiger charge is 2.25. The summed E-state index contributed by atoms with van der Waals surface area (Å²) in [5.41, 5.74) is 4.25. The van der Waals surface area contributed by atoms with E-state index in [-0.39, 0.29) is 23.0 Å². The maximum absolute atomic E-state index is 12.1. The molecule has 0 radical (unpaired) electrons. The van der Waals surface area contributed by atoms with Crippen molar-refractivity contribution < 1.29 is 14.3 Å². The lowest BCUT2D eigenvalue weighted by Gasteiger charge is -2.27. The summed E-state index contributed by atoms with van der Waals surface area (Å²) >= 11 is 0. The highest BCUT2D eigenvalue weighted by Crippen LogP contribution is 2.29. The van der Waals surface area contributed by atoms with Gasteiger partial charge in [0.15, 0.2) is 0 Å². The van der Waals surface area contributed by atoms with Crippen LogP contribution in [0.1, 0.15) is 73.3 Å². The van der Waals surface area contributed by atoms with E-state index in [4.69, 9.17) is 4.74 Å². The maximum atomic E-state index is 12.1. The van der Waals surface area contributed by atoms with Gasteiger partial charge < -0.3 is 4.74 Å². The SMILES string of the molecule is C/C(=N\NC(=O)CC(C)(C)C(C)C)c1ccc(OCCCC(=O)C(C)C)cc1. The third-order valence-electron chi connectivity index (χ3n) is 5.28. The van der Waals surface area contributed by atoms with Gasteiger partial charge in [-0.2, -0.15) is 5.10 Å². The van der Waals surface area contributed by atoms with Crippen LogP contribution in [-0.2, 0) is 9.59 Å². The van der Waals surface area contributed by atoms with Gasteiger partial charge in [-0.1, -0.05) is 41.5 Å². The molecule has 5 heteroatoms. The first kappa shape index (κ1) is 23.9. The van der Waals surface area contributed by atoms with Crippen molar-refractivity contribution in [2.75, 3.05) is 6.61 Å². The van der Waals surface area contributed by atoms with Crippen molar-refractivity contribution in [3.63, 3.8) is 0 Å². The first-order chi connectivity index (χ1) is 13.0. The lowest BCUT2D eigenvalue weighted by molar-refractivity contribution is -0.123. The zero-order valence-electron chi connectivity index (χ0n) is 18.5. The largest absolute Gasteiger partial charge is 0.494 e. The van der Waals surface area contributed by atoms with Crippen molar-refractivity contribution in [3.8, 4) is 5.75 Å². The van der Waals surface area contributed by atoms with Gasteiger partial charge in [0.05, 0.1) is 12.3 Å². The van der Waals surface area contributed by atoms with Gasteiger partial charge in [-0.15, -0.1) is 0 Å². The van der Waals surface area contributed by atoms with Crippen LogP contribution in [0.3, 0.4) is 0 Å². The molecule has 1 rings (SSSR count). The molecule has 1 N–H and O–H groups in total. The number of nitrogens with zero attached hydrogens (tertiary/aromatic N) is 1. The van der Waals surface area contributed by atoms with Crippen molar-refractivity contribution in [2.45, 2.75) is 67.7 Å². The Bertz CT molecular complexity index is 674. The van der Waals surface area contributed by atoms with E-state index in [0.29, 0.717) is 25.4 Å². The van der Waals surface area contributed by atoms with Gasteiger partial charge in [0.1, 0.15) is 11.5 Å². The number of carbonyl (C=O) groups excluding carboxylic acids is 2. The molecule has 0 bridgehead atoms. The second kappa shape index (κ2) is 11.0. The lowest BCUT2D eigenvalue weighted by Crippen LogP contribution is -2.29. The van der Waals surface area contributed by atoms with E-state index in [9.17, 15) is 9.59 Å². The van der Waals surface area contributed by atoms with Gasteiger partial charge in [0.2, 0.25) is 5.91 Å². The number of nitrogens with one attached hydrogen (secondary N) is 1. The van der Waals surface area contributed by atoms with Crippen LogP contribution in [0.4, 0.5) is 0 Å². The monoisotopic (exact) mass is 388 g/mol. The first-order valence-electron chi connectivity index (χ1n) is 10.1. The summed E-state index contributed by atoms with van der Waals surface area (Å²) in [7, 11) is 0. The lowest BCUT2D eigenvalue weighted by atomic mass is 9.78. The average Bonchev–Trinajstić information content (AvgIpc) is 2.63. The summed E-state index contributed by atoms with van der Waals surface area (Å²) in [6.07, 6.45) is 1.71. The van der Waals surface area contributed by atoms with Crippen LogP contribution >= 0.6 is 0 Å². The Morgan fingerprint density at radius 1 is 1.11 bits per heavy atom. The molecular formula is C23H36N2O3. The van der Waals surface area contributed by atoms with Crippen molar-refractivity contribution in [3.05, 3.63) is 29.8 Å². The Labute approximate surface area is 169 Å². The molecule has 1 aromatic carbocycles. The molecule has 0 aliphatic rings. The highest BCUT2D eigenvalue weighted by atomic mass is 16.5. The third-order valence-corrected chi connectivity index (χ3v) is 5.28. The van der Waals surface area contributed by atoms with Gasteiger partial charge in [-0.3, -0.25) is 9.59 Å². The molecule has 0 fully saturated rings. The summed E-state index contributed by atoms with van der Waals surface area (Å²) < 4.78 is 5.68. The van der Waals surface area contributed by atoms with E-state index < -0.39 is 0 Å². The van der Waals surface area contributed by atoms with Crippen LogP contribution in [0, 0.1) is 17.3 Å². The summed E-state index contributed by atoms with van der Waals surface area (Å²) in [4.78, 5) is 23.7. The number of amides is 1. The van der Waals surface area contributed by atoms with Gasteiger partial charge in [-0.05, 0) is 54.5 Å². The van der Waals surface area contributed by atoms with E-state index >= 15 is 0 Å². The summed E-state index contributed by atoms with van der Waals surface area (Å²) in [6.45, 7) is 14.6. The second-order valence-electron chi connectivity index (χ2n) is 8.65. The average molecular weight is 389 g/mol. The van der Waals surface area contributed by atoms with Gasteiger partial charge >= 0.3 is 0 Å². The molecule has 0 heterocycles. The van der Waals surface area contributed by atoms with Crippen LogP contribution in [0.2, 0.25) is 0 Å². The minimum absolute atomic E-state index is 0.0632. The smallest absolute Gasteiger partial charge is 0.240 e. The van der Waals surface area contributed by atoms with E-state index in [1.807, 2.05) is 45.0 Å². The van der Waals surface area contributed by atoms with Crippen LogP contribution in [0.15, 0.2) is 29.4 Å². The zero-order chi connectivity index (χ0) is 21.3. The fourth-order valence-electron chi connectivity index (χ4n) is 2.39. The summed E-state index contributed by atoms with van der Waals surface area (Å²) in [5.74, 6) is 1.45. The molecule has 0 aliphatic carbocycles. The molecule has 0 spiro atoms. The van der Waals surface area contributed by atoms with Crippen LogP contribution in [0.5, 0.6) is 5.75 Å². The number of hydrogen-bond acceptors (Lipinski definition) is 4. The van der Waals surface area contributed by atoms with Crippen molar-refractivity contribution in [1.82, 2.24) is 5.43 Å². The number of benzene rings is 1. The number of hydrogen-bond donors (Lipinski definition) is 1. The Morgan fingerprint density at radius 3 is 2.25 bits per heavy atom. The van der Waals surface area contributed by atoms with Gasteiger partial charge in [0.25, 0.3) is 0 Å². The predicted octanol–water partition coefficient (Wildman–Crippen LogP) is 4.98. The minimum Gasteiger partial charge on any atom is -0.494 e. The molecule has 0 aromatic heterocycles. The second-order valence-corrected chi connectivity index (χ2v) is 8.65. The summed E-state index contributed by atoms with van der Waals surface area (Å²) in [5, 5.41) is 4.22. The molecule has 1 amide bonds. The van der Waals surface area contributed by atoms with E-state index in [2.05, 4.69) is 38.2 Å². The molecule has 0 aliphatic heterocycles.